The van der Waals surface area contributed by atoms with Crippen molar-refractivity contribution >= 4 is 27.5 Å². The van der Waals surface area contributed by atoms with Crippen LogP contribution in [0.1, 0.15) is 16.8 Å². The second-order valence-electron chi connectivity index (χ2n) is 3.64. The van der Waals surface area contributed by atoms with Crippen molar-refractivity contribution in [2.75, 3.05) is 0 Å². The summed E-state index contributed by atoms with van der Waals surface area (Å²) in [6.07, 6.45) is 1.91. The Kier molecular flexibility index (Phi) is 3.61. The average Bonchev–Trinajstić information content (AvgIpc) is 2.70. The summed E-state index contributed by atoms with van der Waals surface area (Å²) in [6.45, 7) is 2.67. The lowest BCUT2D eigenvalue weighted by molar-refractivity contribution is 0.649. The molecule has 0 bridgehead atoms. The van der Waals surface area contributed by atoms with Gasteiger partial charge >= 0.3 is 0 Å². The van der Waals surface area contributed by atoms with E-state index in [9.17, 15) is 0 Å². The van der Waals surface area contributed by atoms with Crippen LogP contribution >= 0.6 is 27.5 Å². The molecule has 0 unspecified atom stereocenters. The van der Waals surface area contributed by atoms with Crippen LogP contribution in [0.3, 0.4) is 0 Å². The SMILES string of the molecule is Cc1ccc(Cn2cc(CBr)nn2)c(Cl)c1. The predicted octanol–water partition coefficient (Wildman–Crippen LogP) is 3.18. The number of hydrogen-bond donors (Lipinski definition) is 0. The van der Waals surface area contributed by atoms with Gasteiger partial charge in [0.25, 0.3) is 0 Å². The van der Waals surface area contributed by atoms with E-state index in [1.54, 1.807) is 4.68 Å². The second kappa shape index (κ2) is 4.97. The largest absolute Gasteiger partial charge is 0.248 e. The molecule has 0 N–H and O–H groups in total. The molecule has 1 heterocycles. The molecular weight excluding hydrogens is 289 g/mol. The Labute approximate surface area is 108 Å². The van der Waals surface area contributed by atoms with Crippen molar-refractivity contribution in [2.24, 2.45) is 0 Å². The zero-order valence-corrected chi connectivity index (χ0v) is 11.2. The summed E-state index contributed by atoms with van der Waals surface area (Å²) in [7, 11) is 0. The summed E-state index contributed by atoms with van der Waals surface area (Å²) in [5.41, 5.74) is 3.13. The predicted molar refractivity (Wildman–Crippen MR) is 67.9 cm³/mol. The molecule has 0 saturated heterocycles. The maximum absolute atomic E-state index is 6.15. The molecule has 0 aliphatic rings. The van der Waals surface area contributed by atoms with E-state index in [1.807, 2.05) is 31.3 Å². The highest BCUT2D eigenvalue weighted by Crippen LogP contribution is 2.18. The summed E-state index contributed by atoms with van der Waals surface area (Å²) >= 11 is 9.49. The van der Waals surface area contributed by atoms with Crippen LogP contribution in [-0.2, 0) is 11.9 Å². The van der Waals surface area contributed by atoms with Crippen LogP contribution in [0.15, 0.2) is 24.4 Å². The highest BCUT2D eigenvalue weighted by Gasteiger charge is 2.04. The quantitative estimate of drug-likeness (QED) is 0.815. The molecule has 2 aromatic rings. The van der Waals surface area contributed by atoms with Gasteiger partial charge in [-0.1, -0.05) is 44.9 Å². The van der Waals surface area contributed by atoms with Gasteiger partial charge in [-0.25, -0.2) is 4.68 Å². The highest BCUT2D eigenvalue weighted by atomic mass is 79.9. The lowest BCUT2D eigenvalue weighted by atomic mass is 10.1. The van der Waals surface area contributed by atoms with Crippen molar-refractivity contribution in [2.45, 2.75) is 18.8 Å². The molecule has 0 amide bonds. The summed E-state index contributed by atoms with van der Waals surface area (Å²) in [5, 5.41) is 9.52. The van der Waals surface area contributed by atoms with Crippen LogP contribution in [0.5, 0.6) is 0 Å². The molecule has 0 atom stereocenters. The summed E-state index contributed by atoms with van der Waals surface area (Å²) in [6, 6.07) is 6.02. The van der Waals surface area contributed by atoms with Gasteiger partial charge in [-0.2, -0.15) is 0 Å². The van der Waals surface area contributed by atoms with Crippen LogP contribution in [-0.4, -0.2) is 15.0 Å². The van der Waals surface area contributed by atoms with Crippen molar-refractivity contribution < 1.29 is 0 Å². The number of benzene rings is 1. The standard InChI is InChI=1S/C11H11BrClN3/c1-8-2-3-9(11(13)4-8)6-16-7-10(5-12)14-15-16/h2-4,7H,5-6H2,1H3. The van der Waals surface area contributed by atoms with Gasteiger partial charge in [-0.05, 0) is 24.1 Å². The van der Waals surface area contributed by atoms with Gasteiger partial charge in [0.2, 0.25) is 0 Å². The molecule has 0 aliphatic carbocycles. The normalized spacial score (nSPS) is 10.7. The van der Waals surface area contributed by atoms with Crippen LogP contribution in [0.4, 0.5) is 0 Å². The van der Waals surface area contributed by atoms with E-state index in [0.29, 0.717) is 11.9 Å². The number of halogens is 2. The molecular formula is C11H11BrClN3. The molecule has 16 heavy (non-hydrogen) atoms. The zero-order chi connectivity index (χ0) is 11.5. The van der Waals surface area contributed by atoms with Crippen LogP contribution < -0.4 is 0 Å². The average molecular weight is 301 g/mol. The van der Waals surface area contributed by atoms with E-state index in [-0.39, 0.29) is 0 Å². The molecule has 0 fully saturated rings. The maximum Gasteiger partial charge on any atom is 0.0932 e. The monoisotopic (exact) mass is 299 g/mol. The van der Waals surface area contributed by atoms with Gasteiger partial charge in [0.05, 0.1) is 12.2 Å². The van der Waals surface area contributed by atoms with Crippen molar-refractivity contribution in [3.63, 3.8) is 0 Å². The number of hydrogen-bond acceptors (Lipinski definition) is 2. The lowest BCUT2D eigenvalue weighted by Crippen LogP contribution is -2.01. The number of alkyl halides is 1. The Morgan fingerprint density at radius 3 is 2.88 bits per heavy atom. The van der Waals surface area contributed by atoms with Gasteiger partial charge in [0, 0.05) is 16.5 Å². The van der Waals surface area contributed by atoms with Gasteiger partial charge < -0.3 is 0 Å². The number of aryl methyl sites for hydroxylation is 1. The first-order chi connectivity index (χ1) is 7.69. The maximum atomic E-state index is 6.15. The third-order valence-electron chi connectivity index (χ3n) is 2.26. The highest BCUT2D eigenvalue weighted by molar-refractivity contribution is 9.08. The van der Waals surface area contributed by atoms with Crippen molar-refractivity contribution in [3.8, 4) is 0 Å². The first-order valence-electron chi connectivity index (χ1n) is 4.89. The molecule has 0 spiro atoms. The Morgan fingerprint density at radius 1 is 1.44 bits per heavy atom. The van der Waals surface area contributed by atoms with Crippen molar-refractivity contribution in [3.05, 3.63) is 46.2 Å². The molecule has 84 valence electrons. The third-order valence-corrected chi connectivity index (χ3v) is 3.19. The van der Waals surface area contributed by atoms with E-state index in [1.165, 1.54) is 0 Å². The van der Waals surface area contributed by atoms with Crippen LogP contribution in [0.2, 0.25) is 5.02 Å². The van der Waals surface area contributed by atoms with Crippen molar-refractivity contribution in [1.82, 2.24) is 15.0 Å². The fourth-order valence-corrected chi connectivity index (χ4v) is 1.98. The Balaban J connectivity index is 2.20. The third kappa shape index (κ3) is 2.62. The fourth-order valence-electron chi connectivity index (χ4n) is 1.43. The van der Waals surface area contributed by atoms with Gasteiger partial charge in [-0.15, -0.1) is 5.10 Å². The fraction of sp³-hybridized carbons (Fsp3) is 0.273. The molecule has 0 saturated carbocycles. The summed E-state index contributed by atoms with van der Waals surface area (Å²) < 4.78 is 1.78. The second-order valence-corrected chi connectivity index (χ2v) is 4.60. The Bertz CT molecular complexity index is 496. The molecule has 2 rings (SSSR count). The Morgan fingerprint density at radius 2 is 2.25 bits per heavy atom. The molecule has 1 aromatic heterocycles. The summed E-state index contributed by atoms with van der Waals surface area (Å²) in [4.78, 5) is 0. The van der Waals surface area contributed by atoms with Crippen LogP contribution in [0, 0.1) is 6.92 Å². The topological polar surface area (TPSA) is 30.7 Å². The molecule has 0 radical (unpaired) electrons. The minimum Gasteiger partial charge on any atom is -0.248 e. The van der Waals surface area contributed by atoms with E-state index in [4.69, 9.17) is 11.6 Å². The van der Waals surface area contributed by atoms with Gasteiger partial charge in [-0.3, -0.25) is 0 Å². The first kappa shape index (κ1) is 11.6. The molecule has 1 aromatic carbocycles. The molecule has 0 aliphatic heterocycles. The smallest absolute Gasteiger partial charge is 0.0932 e. The van der Waals surface area contributed by atoms with E-state index in [0.717, 1.165) is 21.8 Å². The minimum absolute atomic E-state index is 0.652. The van der Waals surface area contributed by atoms with Crippen LogP contribution in [0.25, 0.3) is 0 Å². The zero-order valence-electron chi connectivity index (χ0n) is 8.82. The number of aromatic nitrogens is 3. The molecule has 5 heteroatoms. The van der Waals surface area contributed by atoms with E-state index < -0.39 is 0 Å². The van der Waals surface area contributed by atoms with E-state index in [2.05, 4.69) is 26.2 Å². The Hall–Kier alpha value is -0.870. The van der Waals surface area contributed by atoms with E-state index >= 15 is 0 Å². The first-order valence-corrected chi connectivity index (χ1v) is 6.39. The van der Waals surface area contributed by atoms with Gasteiger partial charge in [0.1, 0.15) is 0 Å². The summed E-state index contributed by atoms with van der Waals surface area (Å²) in [5.74, 6) is 0. The van der Waals surface area contributed by atoms with Gasteiger partial charge in [0.15, 0.2) is 0 Å². The number of nitrogens with zero attached hydrogens (tertiary/aromatic N) is 3. The molecule has 3 nitrogen and oxygen atoms in total. The number of rotatable bonds is 3. The van der Waals surface area contributed by atoms with Crippen molar-refractivity contribution in [1.29, 1.82) is 0 Å². The minimum atomic E-state index is 0.652. The lowest BCUT2D eigenvalue weighted by Gasteiger charge is -2.04.